The van der Waals surface area contributed by atoms with Gasteiger partial charge in [0.1, 0.15) is 0 Å². The number of aromatic nitrogens is 2. The molecule has 0 aliphatic carbocycles. The maximum absolute atomic E-state index is 12.8. The normalized spacial score (nSPS) is 14.8. The van der Waals surface area contributed by atoms with Crippen LogP contribution in [0.5, 0.6) is 0 Å². The highest BCUT2D eigenvalue weighted by atomic mass is 16.1. The lowest BCUT2D eigenvalue weighted by atomic mass is 10.1. The molecule has 1 aliphatic heterocycles. The predicted molar refractivity (Wildman–Crippen MR) is 117 cm³/mol. The lowest BCUT2D eigenvalue weighted by Gasteiger charge is -2.35. The average Bonchev–Trinajstić information content (AvgIpc) is 3.20. The van der Waals surface area contributed by atoms with Crippen LogP contribution in [-0.4, -0.2) is 53.3 Å². The van der Waals surface area contributed by atoms with E-state index in [0.717, 1.165) is 49.8 Å². The summed E-state index contributed by atoms with van der Waals surface area (Å²) in [6.45, 7) is 9.47. The largest absolute Gasteiger partial charge is 0.369 e. The molecular weight excluding hydrogens is 362 g/mol. The Morgan fingerprint density at radius 2 is 1.72 bits per heavy atom. The highest BCUT2D eigenvalue weighted by Crippen LogP contribution is 2.22. The molecule has 29 heavy (non-hydrogen) atoms. The van der Waals surface area contributed by atoms with Crippen LogP contribution in [0.1, 0.15) is 23.0 Å². The first kappa shape index (κ1) is 19.2. The summed E-state index contributed by atoms with van der Waals surface area (Å²) in [6.07, 6.45) is 1.90. The van der Waals surface area contributed by atoms with Crippen molar-refractivity contribution in [3.8, 4) is 5.69 Å². The third kappa shape index (κ3) is 4.32. The molecule has 3 aromatic rings. The predicted octanol–water partition coefficient (Wildman–Crippen LogP) is 3.57. The average molecular weight is 390 g/mol. The lowest BCUT2D eigenvalue weighted by Crippen LogP contribution is -2.46. The number of benzene rings is 2. The Balaban J connectivity index is 1.46. The van der Waals surface area contributed by atoms with Gasteiger partial charge in [0.2, 0.25) is 0 Å². The first-order valence-electron chi connectivity index (χ1n) is 10.1. The van der Waals surface area contributed by atoms with E-state index in [4.69, 9.17) is 0 Å². The highest BCUT2D eigenvalue weighted by molar-refractivity contribution is 6.05. The van der Waals surface area contributed by atoms with Crippen LogP contribution in [0.15, 0.2) is 60.8 Å². The van der Waals surface area contributed by atoms with Crippen molar-refractivity contribution in [2.24, 2.45) is 0 Å². The van der Waals surface area contributed by atoms with Crippen molar-refractivity contribution in [3.63, 3.8) is 0 Å². The summed E-state index contributed by atoms with van der Waals surface area (Å²) in [5.74, 6) is -0.122. The van der Waals surface area contributed by atoms with Gasteiger partial charge in [-0.3, -0.25) is 4.79 Å². The van der Waals surface area contributed by atoms with Crippen LogP contribution in [0.4, 0.5) is 11.4 Å². The number of rotatable bonds is 5. The SMILES string of the molecule is CCN1CCN(c2ccc(C(=O)Nc3ccccc3-n3ccc(C)n3)cc2)CC1. The number of aryl methyl sites for hydroxylation is 1. The van der Waals surface area contributed by atoms with Gasteiger partial charge >= 0.3 is 0 Å². The van der Waals surface area contributed by atoms with Crippen LogP contribution in [0.3, 0.4) is 0 Å². The fourth-order valence-electron chi connectivity index (χ4n) is 3.67. The molecule has 1 amide bonds. The molecule has 1 saturated heterocycles. The maximum atomic E-state index is 12.8. The summed E-state index contributed by atoms with van der Waals surface area (Å²) in [4.78, 5) is 17.6. The molecular formula is C23H27N5O. The Kier molecular flexibility index (Phi) is 5.62. The summed E-state index contributed by atoms with van der Waals surface area (Å²) < 4.78 is 1.78. The van der Waals surface area contributed by atoms with Gasteiger partial charge in [-0.1, -0.05) is 19.1 Å². The van der Waals surface area contributed by atoms with Crippen molar-refractivity contribution in [2.45, 2.75) is 13.8 Å². The van der Waals surface area contributed by atoms with Crippen LogP contribution in [0.25, 0.3) is 5.69 Å². The number of carbonyl (C=O) groups excluding carboxylic acids is 1. The zero-order chi connectivity index (χ0) is 20.2. The Morgan fingerprint density at radius 1 is 1.00 bits per heavy atom. The lowest BCUT2D eigenvalue weighted by molar-refractivity contribution is 0.102. The van der Waals surface area contributed by atoms with E-state index in [2.05, 4.69) is 27.1 Å². The molecule has 6 nitrogen and oxygen atoms in total. The van der Waals surface area contributed by atoms with Gasteiger partial charge in [-0.15, -0.1) is 0 Å². The minimum Gasteiger partial charge on any atom is -0.369 e. The molecule has 6 heteroatoms. The summed E-state index contributed by atoms with van der Waals surface area (Å²) in [6, 6.07) is 17.5. The monoisotopic (exact) mass is 389 g/mol. The number of piperazine rings is 1. The number of amides is 1. The minimum atomic E-state index is -0.122. The Bertz CT molecular complexity index is 971. The summed E-state index contributed by atoms with van der Waals surface area (Å²) in [5.41, 5.74) is 4.33. The van der Waals surface area contributed by atoms with E-state index in [1.165, 1.54) is 5.69 Å². The molecule has 1 aromatic heterocycles. The third-order valence-electron chi connectivity index (χ3n) is 5.44. The first-order valence-corrected chi connectivity index (χ1v) is 10.1. The van der Waals surface area contributed by atoms with Gasteiger partial charge in [-0.25, -0.2) is 4.68 Å². The molecule has 1 aliphatic rings. The molecule has 2 aromatic carbocycles. The van der Waals surface area contributed by atoms with E-state index < -0.39 is 0 Å². The summed E-state index contributed by atoms with van der Waals surface area (Å²) in [5, 5.41) is 7.48. The fourth-order valence-corrected chi connectivity index (χ4v) is 3.67. The highest BCUT2D eigenvalue weighted by Gasteiger charge is 2.16. The van der Waals surface area contributed by atoms with Gasteiger partial charge in [0.15, 0.2) is 0 Å². The number of nitrogens with one attached hydrogen (secondary N) is 1. The number of likely N-dealkylation sites (N-methyl/N-ethyl adjacent to an activating group) is 1. The van der Waals surface area contributed by atoms with Crippen LogP contribution < -0.4 is 10.2 Å². The number of anilines is 2. The van der Waals surface area contributed by atoms with Crippen molar-refractivity contribution < 1.29 is 4.79 Å². The van der Waals surface area contributed by atoms with Gasteiger partial charge in [0, 0.05) is 43.6 Å². The molecule has 1 fully saturated rings. The van der Waals surface area contributed by atoms with Crippen molar-refractivity contribution in [1.82, 2.24) is 14.7 Å². The molecule has 0 bridgehead atoms. The van der Waals surface area contributed by atoms with E-state index in [1.807, 2.05) is 67.7 Å². The second-order valence-electron chi connectivity index (χ2n) is 7.34. The van der Waals surface area contributed by atoms with Crippen LogP contribution in [0, 0.1) is 6.92 Å². The molecule has 150 valence electrons. The molecule has 0 spiro atoms. The second kappa shape index (κ2) is 8.49. The zero-order valence-electron chi connectivity index (χ0n) is 17.0. The third-order valence-corrected chi connectivity index (χ3v) is 5.44. The van der Waals surface area contributed by atoms with E-state index in [0.29, 0.717) is 5.56 Å². The van der Waals surface area contributed by atoms with Gasteiger partial charge < -0.3 is 15.1 Å². The van der Waals surface area contributed by atoms with Gasteiger partial charge in [-0.2, -0.15) is 5.10 Å². The number of nitrogens with zero attached hydrogens (tertiary/aromatic N) is 4. The molecule has 0 atom stereocenters. The van der Waals surface area contributed by atoms with E-state index in [1.54, 1.807) is 4.68 Å². The standard InChI is InChI=1S/C23H27N5O/c1-3-26-14-16-27(17-15-26)20-10-8-19(9-11-20)23(29)24-21-6-4-5-7-22(21)28-13-12-18(2)25-28/h4-13H,3,14-17H2,1-2H3,(H,24,29). The topological polar surface area (TPSA) is 53.4 Å². The van der Waals surface area contributed by atoms with Crippen molar-refractivity contribution in [1.29, 1.82) is 0 Å². The Hall–Kier alpha value is -3.12. The molecule has 2 heterocycles. The van der Waals surface area contributed by atoms with Gasteiger partial charge in [0.05, 0.1) is 17.1 Å². The summed E-state index contributed by atoms with van der Waals surface area (Å²) >= 11 is 0. The molecule has 0 radical (unpaired) electrons. The number of hydrogen-bond acceptors (Lipinski definition) is 4. The quantitative estimate of drug-likeness (QED) is 0.725. The Morgan fingerprint density at radius 3 is 2.38 bits per heavy atom. The van der Waals surface area contributed by atoms with Gasteiger partial charge in [0.25, 0.3) is 5.91 Å². The van der Waals surface area contributed by atoms with Crippen molar-refractivity contribution in [3.05, 3.63) is 72.1 Å². The van der Waals surface area contributed by atoms with Crippen LogP contribution in [-0.2, 0) is 0 Å². The van der Waals surface area contributed by atoms with Gasteiger partial charge in [-0.05, 0) is 55.9 Å². The van der Waals surface area contributed by atoms with E-state index >= 15 is 0 Å². The summed E-state index contributed by atoms with van der Waals surface area (Å²) in [7, 11) is 0. The van der Waals surface area contributed by atoms with Crippen LogP contribution >= 0.6 is 0 Å². The minimum absolute atomic E-state index is 0.122. The number of hydrogen-bond donors (Lipinski definition) is 1. The zero-order valence-corrected chi connectivity index (χ0v) is 17.0. The fraction of sp³-hybridized carbons (Fsp3) is 0.304. The molecule has 0 unspecified atom stereocenters. The molecule has 1 N–H and O–H groups in total. The second-order valence-corrected chi connectivity index (χ2v) is 7.34. The number of carbonyl (C=O) groups is 1. The maximum Gasteiger partial charge on any atom is 0.255 e. The first-order chi connectivity index (χ1) is 14.1. The Labute approximate surface area is 171 Å². The van der Waals surface area contributed by atoms with E-state index in [-0.39, 0.29) is 5.91 Å². The van der Waals surface area contributed by atoms with E-state index in [9.17, 15) is 4.79 Å². The smallest absolute Gasteiger partial charge is 0.255 e. The van der Waals surface area contributed by atoms with Crippen molar-refractivity contribution >= 4 is 17.3 Å². The number of para-hydroxylation sites is 2. The van der Waals surface area contributed by atoms with Crippen LogP contribution in [0.2, 0.25) is 0 Å². The molecule has 4 rings (SSSR count). The molecule has 0 saturated carbocycles. The van der Waals surface area contributed by atoms with Crippen molar-refractivity contribution in [2.75, 3.05) is 42.9 Å².